The first kappa shape index (κ1) is 13.1. The molecule has 21 heavy (non-hydrogen) atoms. The molecule has 0 fully saturated rings. The summed E-state index contributed by atoms with van der Waals surface area (Å²) in [5.41, 5.74) is 2.20. The maximum Gasteiger partial charge on any atom is 0.135 e. The molecule has 1 aromatic heterocycles. The van der Waals surface area contributed by atoms with Crippen LogP contribution >= 0.6 is 0 Å². The number of nitriles is 1. The minimum atomic E-state index is -0.700. The molecule has 1 heterocycles. The quantitative estimate of drug-likeness (QED) is 0.682. The molecule has 102 valence electrons. The lowest BCUT2D eigenvalue weighted by atomic mass is 10.0. The molecule has 2 aromatic carbocycles. The highest BCUT2D eigenvalue weighted by molar-refractivity contribution is 5.95. The molecule has 0 bridgehead atoms. The molecule has 0 aliphatic heterocycles. The van der Waals surface area contributed by atoms with Gasteiger partial charge in [0.15, 0.2) is 0 Å². The van der Waals surface area contributed by atoms with Crippen molar-refractivity contribution in [3.8, 4) is 17.3 Å². The summed E-state index contributed by atoms with van der Waals surface area (Å²) < 4.78 is 27.0. The van der Waals surface area contributed by atoms with Gasteiger partial charge in [0.1, 0.15) is 24.0 Å². The van der Waals surface area contributed by atoms with E-state index in [4.69, 9.17) is 0 Å². The summed E-state index contributed by atoms with van der Waals surface area (Å²) in [5, 5.41) is 9.80. The predicted molar refractivity (Wildman–Crippen MR) is 74.3 cm³/mol. The highest BCUT2D eigenvalue weighted by Crippen LogP contribution is 2.30. The van der Waals surface area contributed by atoms with Crippen molar-refractivity contribution in [2.24, 2.45) is 0 Å². The third-order valence-corrected chi connectivity index (χ3v) is 3.31. The van der Waals surface area contributed by atoms with Crippen LogP contribution in [0.4, 0.5) is 8.78 Å². The summed E-state index contributed by atoms with van der Waals surface area (Å²) >= 11 is 0. The molecule has 3 aromatic rings. The summed E-state index contributed by atoms with van der Waals surface area (Å²) in [6, 6.07) is 8.91. The molecule has 0 N–H and O–H groups in total. The topological polar surface area (TPSA) is 49.6 Å². The number of fused-ring (bicyclic) bond motifs is 1. The van der Waals surface area contributed by atoms with Crippen LogP contribution in [-0.4, -0.2) is 9.97 Å². The number of aryl methyl sites for hydroxylation is 1. The smallest absolute Gasteiger partial charge is 0.135 e. The van der Waals surface area contributed by atoms with Gasteiger partial charge in [-0.05, 0) is 24.6 Å². The summed E-state index contributed by atoms with van der Waals surface area (Å²) in [4.78, 5) is 8.21. The van der Waals surface area contributed by atoms with Crippen LogP contribution in [0.25, 0.3) is 22.2 Å². The molecule has 0 aliphatic carbocycles. The monoisotopic (exact) mass is 281 g/mol. The van der Waals surface area contributed by atoms with E-state index in [0.717, 1.165) is 11.6 Å². The molecule has 0 spiro atoms. The van der Waals surface area contributed by atoms with Crippen molar-refractivity contribution in [1.82, 2.24) is 9.97 Å². The lowest BCUT2D eigenvalue weighted by molar-refractivity contribution is 0.585. The molecule has 0 saturated carbocycles. The van der Waals surface area contributed by atoms with Gasteiger partial charge in [0.2, 0.25) is 0 Å². The van der Waals surface area contributed by atoms with Crippen molar-refractivity contribution in [3.63, 3.8) is 0 Å². The number of nitrogens with zero attached hydrogens (tertiary/aromatic N) is 3. The number of benzene rings is 2. The Morgan fingerprint density at radius 1 is 1.10 bits per heavy atom. The number of hydrogen-bond donors (Lipinski definition) is 0. The molecule has 3 nitrogen and oxygen atoms in total. The molecule has 0 unspecified atom stereocenters. The fraction of sp³-hybridized carbons (Fsp3) is 0.0625. The fourth-order valence-corrected chi connectivity index (χ4v) is 2.27. The second-order valence-corrected chi connectivity index (χ2v) is 4.61. The first-order chi connectivity index (χ1) is 10.1. The largest absolute Gasteiger partial charge is 0.236 e. The standard InChI is InChI=1S/C16H9F2N3/c1-9-2-4-12-15(11-5-3-10(17)6-14(11)18)20-8-21-16(12)13(9)7-19/h2-6,8H,1H3. The number of aromatic nitrogens is 2. The summed E-state index contributed by atoms with van der Waals surface area (Å²) in [7, 11) is 0. The Morgan fingerprint density at radius 3 is 2.62 bits per heavy atom. The third-order valence-electron chi connectivity index (χ3n) is 3.31. The van der Waals surface area contributed by atoms with E-state index in [9.17, 15) is 14.0 Å². The minimum Gasteiger partial charge on any atom is -0.236 e. The van der Waals surface area contributed by atoms with E-state index in [1.165, 1.54) is 18.5 Å². The van der Waals surface area contributed by atoms with Crippen molar-refractivity contribution in [2.75, 3.05) is 0 Å². The molecule has 0 saturated heterocycles. The molecule has 0 amide bonds. The lowest BCUT2D eigenvalue weighted by Gasteiger charge is -2.08. The first-order valence-electron chi connectivity index (χ1n) is 6.21. The number of rotatable bonds is 1. The fourth-order valence-electron chi connectivity index (χ4n) is 2.27. The number of halogens is 2. The Kier molecular flexibility index (Phi) is 3.07. The highest BCUT2D eigenvalue weighted by atomic mass is 19.1. The van der Waals surface area contributed by atoms with Crippen LogP contribution in [-0.2, 0) is 0 Å². The van der Waals surface area contributed by atoms with Crippen LogP contribution in [0.15, 0.2) is 36.7 Å². The first-order valence-corrected chi connectivity index (χ1v) is 6.21. The average Bonchev–Trinajstić information content (AvgIpc) is 2.46. The van der Waals surface area contributed by atoms with Crippen molar-refractivity contribution in [2.45, 2.75) is 6.92 Å². The van der Waals surface area contributed by atoms with E-state index in [1.807, 2.05) is 0 Å². The van der Waals surface area contributed by atoms with Crippen LogP contribution in [0.2, 0.25) is 0 Å². The maximum absolute atomic E-state index is 14.0. The molecular weight excluding hydrogens is 272 g/mol. The van der Waals surface area contributed by atoms with Crippen molar-refractivity contribution in [1.29, 1.82) is 5.26 Å². The van der Waals surface area contributed by atoms with E-state index in [1.54, 1.807) is 19.1 Å². The Hall–Kier alpha value is -2.87. The number of hydrogen-bond acceptors (Lipinski definition) is 3. The average molecular weight is 281 g/mol. The van der Waals surface area contributed by atoms with Gasteiger partial charge < -0.3 is 0 Å². The Bertz CT molecular complexity index is 898. The summed E-state index contributed by atoms with van der Waals surface area (Å²) in [5.74, 6) is -1.35. The Labute approximate surface area is 119 Å². The maximum atomic E-state index is 14.0. The van der Waals surface area contributed by atoms with Crippen LogP contribution < -0.4 is 0 Å². The van der Waals surface area contributed by atoms with E-state index < -0.39 is 11.6 Å². The zero-order valence-electron chi connectivity index (χ0n) is 11.1. The van der Waals surface area contributed by atoms with Gasteiger partial charge in [0.25, 0.3) is 0 Å². The van der Waals surface area contributed by atoms with Gasteiger partial charge in [-0.15, -0.1) is 0 Å². The van der Waals surface area contributed by atoms with Crippen molar-refractivity contribution >= 4 is 10.9 Å². The van der Waals surface area contributed by atoms with Crippen molar-refractivity contribution in [3.05, 3.63) is 59.4 Å². The second-order valence-electron chi connectivity index (χ2n) is 4.61. The van der Waals surface area contributed by atoms with Gasteiger partial charge in [0, 0.05) is 17.0 Å². The zero-order valence-corrected chi connectivity index (χ0v) is 11.1. The molecule has 5 heteroatoms. The van der Waals surface area contributed by atoms with Gasteiger partial charge in [-0.2, -0.15) is 5.26 Å². The summed E-state index contributed by atoms with van der Waals surface area (Å²) in [6.07, 6.45) is 1.28. The van der Waals surface area contributed by atoms with Crippen molar-refractivity contribution < 1.29 is 8.78 Å². The molecular formula is C16H9F2N3. The van der Waals surface area contributed by atoms with Crippen LogP contribution in [0.1, 0.15) is 11.1 Å². The lowest BCUT2D eigenvalue weighted by Crippen LogP contribution is -1.95. The van der Waals surface area contributed by atoms with Gasteiger partial charge in [0.05, 0.1) is 16.8 Å². The Balaban J connectivity index is 2.37. The minimum absolute atomic E-state index is 0.177. The van der Waals surface area contributed by atoms with Crippen LogP contribution in [0.3, 0.4) is 0 Å². The van der Waals surface area contributed by atoms with Crippen LogP contribution in [0.5, 0.6) is 0 Å². The Morgan fingerprint density at radius 2 is 1.90 bits per heavy atom. The van der Waals surface area contributed by atoms with E-state index in [2.05, 4.69) is 16.0 Å². The van der Waals surface area contributed by atoms with E-state index in [0.29, 0.717) is 22.2 Å². The van der Waals surface area contributed by atoms with Crippen LogP contribution in [0, 0.1) is 29.9 Å². The normalized spacial score (nSPS) is 10.6. The summed E-state index contributed by atoms with van der Waals surface area (Å²) in [6.45, 7) is 1.80. The van der Waals surface area contributed by atoms with E-state index in [-0.39, 0.29) is 5.56 Å². The SMILES string of the molecule is Cc1ccc2c(-c3ccc(F)cc3F)ncnc2c1C#N. The van der Waals surface area contributed by atoms with Gasteiger partial charge in [-0.3, -0.25) is 0 Å². The second kappa shape index (κ2) is 4.91. The molecule has 0 atom stereocenters. The zero-order chi connectivity index (χ0) is 15.0. The highest BCUT2D eigenvalue weighted by Gasteiger charge is 2.14. The molecule has 0 aliphatic rings. The predicted octanol–water partition coefficient (Wildman–Crippen LogP) is 3.76. The van der Waals surface area contributed by atoms with Gasteiger partial charge in [-0.1, -0.05) is 12.1 Å². The van der Waals surface area contributed by atoms with Gasteiger partial charge >= 0.3 is 0 Å². The van der Waals surface area contributed by atoms with E-state index >= 15 is 0 Å². The third kappa shape index (κ3) is 2.11. The molecule has 0 radical (unpaired) electrons. The van der Waals surface area contributed by atoms with Gasteiger partial charge in [-0.25, -0.2) is 18.7 Å². The molecule has 3 rings (SSSR count).